The lowest BCUT2D eigenvalue weighted by Gasteiger charge is -2.30. The van der Waals surface area contributed by atoms with Crippen molar-refractivity contribution in [2.45, 2.75) is 44.7 Å². The molecular formula is C24H22ClF2N7O. The lowest BCUT2D eigenvalue weighted by molar-refractivity contribution is 0.0921. The van der Waals surface area contributed by atoms with Crippen LogP contribution in [0.25, 0.3) is 22.3 Å². The van der Waals surface area contributed by atoms with Crippen LogP contribution in [0.3, 0.4) is 0 Å². The van der Waals surface area contributed by atoms with E-state index in [2.05, 4.69) is 35.6 Å². The number of halogens is 3. The number of carbonyl (C=O) groups excluding carboxylic acids is 1. The highest BCUT2D eigenvalue weighted by molar-refractivity contribution is 6.31. The molecule has 4 aromatic rings. The molecule has 3 aromatic heterocycles. The van der Waals surface area contributed by atoms with Crippen LogP contribution in [0, 0.1) is 18.6 Å². The average molecular weight is 498 g/mol. The standard InChI is InChI=1S/C24H22ClF2N7O/c1-12-8-29-20(11-28-12)24(35)33-15-4-2-3-14(7-15)32-23-19(27)10-31-22(34-23)17-9-30-21-16(17)5-13(25)6-18(21)26/h5-6,8-11,14-15,30H,2-4,7H2,1H3,(H,33,35)(H,31,32,34)/t14-,15+/m0/s1. The van der Waals surface area contributed by atoms with Gasteiger partial charge in [-0.2, -0.15) is 0 Å². The molecule has 0 bridgehead atoms. The van der Waals surface area contributed by atoms with E-state index < -0.39 is 11.6 Å². The van der Waals surface area contributed by atoms with Crippen LogP contribution in [0.15, 0.2) is 36.9 Å². The number of aromatic nitrogens is 5. The van der Waals surface area contributed by atoms with Gasteiger partial charge in [0, 0.05) is 40.4 Å². The number of amides is 1. The normalized spacial score (nSPS) is 17.9. The van der Waals surface area contributed by atoms with Gasteiger partial charge in [0.05, 0.1) is 23.6 Å². The molecule has 1 saturated carbocycles. The number of nitrogens with one attached hydrogen (secondary N) is 3. The van der Waals surface area contributed by atoms with E-state index >= 15 is 0 Å². The van der Waals surface area contributed by atoms with Gasteiger partial charge < -0.3 is 15.6 Å². The van der Waals surface area contributed by atoms with Gasteiger partial charge in [0.2, 0.25) is 0 Å². The van der Waals surface area contributed by atoms with E-state index in [1.165, 1.54) is 12.3 Å². The van der Waals surface area contributed by atoms with Crippen LogP contribution < -0.4 is 10.6 Å². The number of hydrogen-bond donors (Lipinski definition) is 3. The molecule has 8 nitrogen and oxygen atoms in total. The van der Waals surface area contributed by atoms with Gasteiger partial charge in [-0.25, -0.2) is 23.7 Å². The zero-order chi connectivity index (χ0) is 24.5. The minimum Gasteiger partial charge on any atom is -0.365 e. The summed E-state index contributed by atoms with van der Waals surface area (Å²) in [4.78, 5) is 32.1. The Morgan fingerprint density at radius 1 is 1.09 bits per heavy atom. The maximum Gasteiger partial charge on any atom is 0.271 e. The van der Waals surface area contributed by atoms with Gasteiger partial charge in [0.1, 0.15) is 11.5 Å². The maximum atomic E-state index is 14.6. The van der Waals surface area contributed by atoms with E-state index in [0.29, 0.717) is 17.4 Å². The molecule has 1 aromatic carbocycles. The third kappa shape index (κ3) is 4.93. The molecule has 1 fully saturated rings. The van der Waals surface area contributed by atoms with E-state index in [1.807, 2.05) is 0 Å². The number of anilines is 1. The smallest absolute Gasteiger partial charge is 0.271 e. The Kier molecular flexibility index (Phi) is 6.29. The highest BCUT2D eigenvalue weighted by Crippen LogP contribution is 2.31. The summed E-state index contributed by atoms with van der Waals surface area (Å²) in [5.74, 6) is -1.09. The second-order valence-corrected chi connectivity index (χ2v) is 9.06. The zero-order valence-electron chi connectivity index (χ0n) is 18.8. The van der Waals surface area contributed by atoms with Gasteiger partial charge in [0.15, 0.2) is 17.5 Å². The quantitative estimate of drug-likeness (QED) is 0.365. The van der Waals surface area contributed by atoms with E-state index in [9.17, 15) is 13.6 Å². The molecule has 3 N–H and O–H groups in total. The monoisotopic (exact) mass is 497 g/mol. The first kappa shape index (κ1) is 23.1. The summed E-state index contributed by atoms with van der Waals surface area (Å²) in [6.45, 7) is 1.80. The van der Waals surface area contributed by atoms with Crippen LogP contribution in [0.1, 0.15) is 41.9 Å². The van der Waals surface area contributed by atoms with Crippen molar-refractivity contribution in [1.29, 1.82) is 0 Å². The average Bonchev–Trinajstić information content (AvgIpc) is 3.25. The van der Waals surface area contributed by atoms with Crippen molar-refractivity contribution >= 4 is 34.2 Å². The molecule has 180 valence electrons. The highest BCUT2D eigenvalue weighted by atomic mass is 35.5. The maximum absolute atomic E-state index is 14.6. The fourth-order valence-electron chi connectivity index (χ4n) is 4.35. The van der Waals surface area contributed by atoms with E-state index in [4.69, 9.17) is 11.6 Å². The first-order valence-electron chi connectivity index (χ1n) is 11.2. The third-order valence-corrected chi connectivity index (χ3v) is 6.27. The lowest BCUT2D eigenvalue weighted by atomic mass is 9.91. The van der Waals surface area contributed by atoms with Gasteiger partial charge in [-0.05, 0) is 44.7 Å². The van der Waals surface area contributed by atoms with Crippen LogP contribution >= 0.6 is 11.6 Å². The topological polar surface area (TPSA) is 108 Å². The fourth-order valence-corrected chi connectivity index (χ4v) is 4.56. The first-order valence-corrected chi connectivity index (χ1v) is 11.6. The van der Waals surface area contributed by atoms with Gasteiger partial charge in [-0.1, -0.05) is 11.6 Å². The summed E-state index contributed by atoms with van der Waals surface area (Å²) in [5.41, 5.74) is 1.77. The second kappa shape index (κ2) is 9.53. The van der Waals surface area contributed by atoms with Gasteiger partial charge in [-0.3, -0.25) is 9.78 Å². The molecular weight excluding hydrogens is 476 g/mol. The predicted octanol–water partition coefficient (Wildman–Crippen LogP) is 4.81. The van der Waals surface area contributed by atoms with Crippen molar-refractivity contribution in [2.75, 3.05) is 5.32 Å². The number of nitrogens with zero attached hydrogens (tertiary/aromatic N) is 4. The Morgan fingerprint density at radius 2 is 1.91 bits per heavy atom. The number of aromatic amines is 1. The lowest BCUT2D eigenvalue weighted by Crippen LogP contribution is -2.42. The Bertz CT molecular complexity index is 1390. The Morgan fingerprint density at radius 3 is 2.71 bits per heavy atom. The molecule has 3 heterocycles. The summed E-state index contributed by atoms with van der Waals surface area (Å²) < 4.78 is 28.8. The number of H-pyrrole nitrogens is 1. The highest BCUT2D eigenvalue weighted by Gasteiger charge is 2.25. The molecule has 1 amide bonds. The molecule has 35 heavy (non-hydrogen) atoms. The van der Waals surface area contributed by atoms with Crippen molar-refractivity contribution in [2.24, 2.45) is 0 Å². The summed E-state index contributed by atoms with van der Waals surface area (Å²) in [5, 5.41) is 6.89. The second-order valence-electron chi connectivity index (χ2n) is 8.62. The number of aryl methyl sites for hydroxylation is 1. The van der Waals surface area contributed by atoms with Crippen molar-refractivity contribution in [3.63, 3.8) is 0 Å². The first-order chi connectivity index (χ1) is 16.9. The zero-order valence-corrected chi connectivity index (χ0v) is 19.5. The molecule has 1 aliphatic carbocycles. The van der Waals surface area contributed by atoms with Gasteiger partial charge in [-0.15, -0.1) is 0 Å². The number of hydrogen-bond acceptors (Lipinski definition) is 6. The Hall–Kier alpha value is -3.66. The minimum absolute atomic E-state index is 0.0493. The molecule has 0 spiro atoms. The van der Waals surface area contributed by atoms with E-state index in [1.54, 1.807) is 25.4 Å². The molecule has 0 unspecified atom stereocenters. The number of fused-ring (bicyclic) bond motifs is 1. The SMILES string of the molecule is Cc1cnc(C(=O)N[C@@H]2CCC[C@H](Nc3nc(-c4c[nH]c5c(F)cc(Cl)cc45)ncc3F)C2)cn1. The summed E-state index contributed by atoms with van der Waals surface area (Å²) >= 11 is 6.02. The minimum atomic E-state index is -0.598. The summed E-state index contributed by atoms with van der Waals surface area (Å²) in [6, 6.07) is 2.62. The fraction of sp³-hybridized carbons (Fsp3) is 0.292. The van der Waals surface area contributed by atoms with E-state index in [0.717, 1.165) is 31.2 Å². The van der Waals surface area contributed by atoms with Crippen LogP contribution in [0.2, 0.25) is 5.02 Å². The Labute approximate surface area is 204 Å². The molecule has 11 heteroatoms. The molecule has 0 aliphatic heterocycles. The van der Waals surface area contributed by atoms with E-state index in [-0.39, 0.29) is 45.9 Å². The molecule has 2 atom stereocenters. The van der Waals surface area contributed by atoms with Crippen molar-refractivity contribution < 1.29 is 13.6 Å². The molecule has 5 rings (SSSR count). The van der Waals surface area contributed by atoms with Gasteiger partial charge >= 0.3 is 0 Å². The largest absolute Gasteiger partial charge is 0.365 e. The number of carbonyl (C=O) groups is 1. The molecule has 0 radical (unpaired) electrons. The predicted molar refractivity (Wildman–Crippen MR) is 128 cm³/mol. The van der Waals surface area contributed by atoms with Gasteiger partial charge in [0.25, 0.3) is 5.91 Å². The Balaban J connectivity index is 1.32. The van der Waals surface area contributed by atoms with Crippen LogP contribution in [-0.2, 0) is 0 Å². The number of benzene rings is 1. The van der Waals surface area contributed by atoms with Crippen LogP contribution in [-0.4, -0.2) is 42.9 Å². The van der Waals surface area contributed by atoms with Crippen LogP contribution in [0.4, 0.5) is 14.6 Å². The third-order valence-electron chi connectivity index (χ3n) is 6.05. The van der Waals surface area contributed by atoms with Crippen LogP contribution in [0.5, 0.6) is 0 Å². The molecule has 1 aliphatic rings. The molecule has 0 saturated heterocycles. The summed E-state index contributed by atoms with van der Waals surface area (Å²) in [7, 11) is 0. The number of rotatable bonds is 5. The van der Waals surface area contributed by atoms with Crippen molar-refractivity contribution in [1.82, 2.24) is 30.2 Å². The van der Waals surface area contributed by atoms with Crippen molar-refractivity contribution in [3.8, 4) is 11.4 Å². The summed E-state index contributed by atoms with van der Waals surface area (Å²) in [6.07, 6.45) is 8.70. The van der Waals surface area contributed by atoms with Crippen molar-refractivity contribution in [3.05, 3.63) is 65.0 Å².